The molecule has 96 heavy (non-hydrogen) atoms. The fourth-order valence-electron chi connectivity index (χ4n) is 12.1. The molecule has 11 amide bonds. The van der Waals surface area contributed by atoms with E-state index in [4.69, 9.17) is 9.47 Å². The fraction of sp³-hybridized carbons (Fsp3) is 0.761. The minimum atomic E-state index is -1.62. The Hall–Kier alpha value is -6.89. The molecule has 0 unspecified atom stereocenters. The Morgan fingerprint density at radius 2 is 0.948 bits per heavy atom. The van der Waals surface area contributed by atoms with Crippen LogP contribution in [0.25, 0.3) is 0 Å². The smallest absolute Gasteiger partial charge is 0.246 e. The summed E-state index contributed by atoms with van der Waals surface area (Å²) in [5.41, 5.74) is -0.354. The zero-order valence-corrected chi connectivity index (χ0v) is 63.0. The molecule has 0 spiro atoms. The molecule has 1 aliphatic heterocycles. The number of unbranched alkanes of at least 4 members (excludes halogenated alkanes) is 1. The summed E-state index contributed by atoms with van der Waals surface area (Å²) in [5, 5.41) is 23.4. The second kappa shape index (κ2) is 38.3. The van der Waals surface area contributed by atoms with Crippen molar-refractivity contribution in [2.24, 2.45) is 35.5 Å². The Kier molecular flexibility index (Phi) is 34.0. The molecule has 2 rings (SSSR count). The number of likely N-dealkylation sites (N-methyl/N-ethyl adjacent to an activating group) is 7. The average Bonchev–Trinajstić information content (AvgIpc) is 0.812. The van der Waals surface area contributed by atoms with Crippen LogP contribution in [0.1, 0.15) is 182 Å². The second-order valence-corrected chi connectivity index (χ2v) is 29.3. The number of nitrogens with one attached hydrogen (secondary N) is 4. The van der Waals surface area contributed by atoms with Crippen molar-refractivity contribution < 1.29 is 67.3 Å². The molecule has 546 valence electrons. The lowest BCUT2D eigenvalue weighted by Gasteiger charge is -2.41. The van der Waals surface area contributed by atoms with E-state index in [-0.39, 0.29) is 56.5 Å². The second-order valence-electron chi connectivity index (χ2n) is 29.3. The highest BCUT2D eigenvalue weighted by Gasteiger charge is 2.47. The SMILES string of the molecule is CCCC[C@@H](C)[C@@H](O)[C@H]1C(=O)N[C@@H](CC)C(=O)N(C)[C@H](C)C(=O)N(C)[C@@H](CC(C)(C)OCc2ccc(OC)cc2)C(=O)N[C@@H](C(C)C)C(=O)N(C)[C@@H](CC(C)C)C(=O)N[C@@H](C)C(=O)N[C@H](C)C(=O)N(C)[C@@H](CC(C)C)C(=O)N(C)[C@@H](CC(C)C)C(=O)N(C)[C@@H](C(C)C)C(=O)N1C. The minimum Gasteiger partial charge on any atom is -0.497 e. The van der Waals surface area contributed by atoms with Gasteiger partial charge in [-0.2, -0.15) is 0 Å². The summed E-state index contributed by atoms with van der Waals surface area (Å²) in [6.45, 7) is 31.4. The molecule has 25 nitrogen and oxygen atoms in total. The van der Waals surface area contributed by atoms with E-state index in [1.54, 1.807) is 74.6 Å². The van der Waals surface area contributed by atoms with Gasteiger partial charge in [0.15, 0.2) is 0 Å². The monoisotopic (exact) mass is 1350 g/mol. The highest BCUT2D eigenvalue weighted by Crippen LogP contribution is 2.28. The first kappa shape index (κ1) is 85.2. The molecular weight excluding hydrogens is 1230 g/mol. The van der Waals surface area contributed by atoms with E-state index in [0.29, 0.717) is 18.6 Å². The van der Waals surface area contributed by atoms with Crippen molar-refractivity contribution in [3.8, 4) is 5.75 Å². The van der Waals surface area contributed by atoms with Gasteiger partial charge in [-0.25, -0.2) is 0 Å². The number of aliphatic hydroxyl groups excluding tert-OH is 1. The molecule has 1 heterocycles. The number of aliphatic hydroxyl groups is 1. The summed E-state index contributed by atoms with van der Waals surface area (Å²) in [6, 6.07) is -6.95. The predicted octanol–water partition coefficient (Wildman–Crippen LogP) is 5.23. The maximum atomic E-state index is 15.3. The number of ether oxygens (including phenoxy) is 2. The van der Waals surface area contributed by atoms with Gasteiger partial charge in [0.05, 0.1) is 25.4 Å². The van der Waals surface area contributed by atoms with Gasteiger partial charge in [0, 0.05) is 55.8 Å². The lowest BCUT2D eigenvalue weighted by molar-refractivity contribution is -0.157. The van der Waals surface area contributed by atoms with Crippen LogP contribution in [0, 0.1) is 35.5 Å². The fourth-order valence-corrected chi connectivity index (χ4v) is 12.1. The van der Waals surface area contributed by atoms with Crippen molar-refractivity contribution in [3.05, 3.63) is 29.8 Å². The van der Waals surface area contributed by atoms with Crippen molar-refractivity contribution in [2.45, 2.75) is 261 Å². The number of rotatable bonds is 20. The Balaban J connectivity index is 3.07. The molecule has 13 atom stereocenters. The zero-order valence-electron chi connectivity index (χ0n) is 63.0. The van der Waals surface area contributed by atoms with E-state index in [1.165, 1.54) is 94.6 Å². The van der Waals surface area contributed by atoms with Crippen LogP contribution in [0.4, 0.5) is 0 Å². The molecule has 25 heteroatoms. The summed E-state index contributed by atoms with van der Waals surface area (Å²) in [5.74, 6) is -9.33. The molecule has 0 aliphatic carbocycles. The van der Waals surface area contributed by atoms with Gasteiger partial charge < -0.3 is 70.1 Å². The number of methoxy groups -OCH3 is 1. The van der Waals surface area contributed by atoms with Gasteiger partial charge >= 0.3 is 0 Å². The first-order chi connectivity index (χ1) is 44.4. The third-order valence-electron chi connectivity index (χ3n) is 18.6. The molecule has 1 saturated heterocycles. The van der Waals surface area contributed by atoms with Gasteiger partial charge in [0.1, 0.15) is 72.2 Å². The Bertz CT molecular complexity index is 2780. The number of hydrogen-bond acceptors (Lipinski definition) is 14. The number of amides is 11. The topological polar surface area (TPSA) is 297 Å². The van der Waals surface area contributed by atoms with Gasteiger partial charge in [-0.3, -0.25) is 52.7 Å². The van der Waals surface area contributed by atoms with Crippen LogP contribution in [-0.4, -0.2) is 239 Å². The molecule has 1 aliphatic rings. The third-order valence-corrected chi connectivity index (χ3v) is 18.6. The van der Waals surface area contributed by atoms with Crippen LogP contribution in [0.3, 0.4) is 0 Å². The van der Waals surface area contributed by atoms with Crippen LogP contribution < -0.4 is 26.0 Å². The maximum Gasteiger partial charge on any atom is 0.246 e. The molecule has 0 bridgehead atoms. The molecule has 5 N–H and O–H groups in total. The van der Waals surface area contributed by atoms with Crippen molar-refractivity contribution in [1.82, 2.24) is 55.6 Å². The van der Waals surface area contributed by atoms with E-state index in [2.05, 4.69) is 21.3 Å². The van der Waals surface area contributed by atoms with E-state index in [0.717, 1.165) is 21.8 Å². The molecular formula is C71H123N11O14. The molecule has 1 fully saturated rings. The molecule has 0 saturated carbocycles. The van der Waals surface area contributed by atoms with Gasteiger partial charge in [0.2, 0.25) is 65.0 Å². The predicted molar refractivity (Wildman–Crippen MR) is 370 cm³/mol. The van der Waals surface area contributed by atoms with Crippen LogP contribution in [0.5, 0.6) is 5.75 Å². The molecule has 0 radical (unpaired) electrons. The highest BCUT2D eigenvalue weighted by molar-refractivity contribution is 6.00. The van der Waals surface area contributed by atoms with E-state index in [1.807, 2.05) is 60.6 Å². The average molecular weight is 1350 g/mol. The summed E-state index contributed by atoms with van der Waals surface area (Å²) in [6.07, 6.45) is 0.700. The summed E-state index contributed by atoms with van der Waals surface area (Å²) >= 11 is 0. The zero-order chi connectivity index (χ0) is 73.9. The lowest BCUT2D eigenvalue weighted by atomic mass is 9.90. The first-order valence-electron chi connectivity index (χ1n) is 34.5. The Morgan fingerprint density at radius 1 is 0.490 bits per heavy atom. The third kappa shape index (κ3) is 23.4. The normalized spacial score (nSPS) is 25.9. The number of carbonyl (C=O) groups excluding carboxylic acids is 11. The van der Waals surface area contributed by atoms with E-state index in [9.17, 15) is 29.1 Å². The molecule has 1 aromatic rings. The first-order valence-corrected chi connectivity index (χ1v) is 34.5. The van der Waals surface area contributed by atoms with Gasteiger partial charge in [-0.15, -0.1) is 0 Å². The van der Waals surface area contributed by atoms with Crippen molar-refractivity contribution in [2.75, 3.05) is 56.4 Å². The van der Waals surface area contributed by atoms with Crippen LogP contribution in [0.15, 0.2) is 24.3 Å². The molecule has 0 aromatic heterocycles. The summed E-state index contributed by atoms with van der Waals surface area (Å²) in [4.78, 5) is 172. The van der Waals surface area contributed by atoms with Gasteiger partial charge in [0.25, 0.3) is 0 Å². The number of carbonyl (C=O) groups is 11. The lowest BCUT2D eigenvalue weighted by Crippen LogP contribution is -2.64. The number of hydrogen-bond donors (Lipinski definition) is 5. The summed E-state index contributed by atoms with van der Waals surface area (Å²) < 4.78 is 11.8. The van der Waals surface area contributed by atoms with Crippen molar-refractivity contribution in [1.29, 1.82) is 0 Å². The van der Waals surface area contributed by atoms with Gasteiger partial charge in [-0.1, -0.05) is 115 Å². The maximum absolute atomic E-state index is 15.3. The van der Waals surface area contributed by atoms with Crippen LogP contribution >= 0.6 is 0 Å². The van der Waals surface area contributed by atoms with Crippen molar-refractivity contribution >= 4 is 65.0 Å². The van der Waals surface area contributed by atoms with Gasteiger partial charge in [-0.05, 0) is 120 Å². The Morgan fingerprint density at radius 3 is 1.43 bits per heavy atom. The largest absolute Gasteiger partial charge is 0.497 e. The number of benzene rings is 1. The van der Waals surface area contributed by atoms with E-state index < -0.39 is 161 Å². The quantitative estimate of drug-likeness (QED) is 0.112. The minimum absolute atomic E-state index is 0.00852. The van der Waals surface area contributed by atoms with Crippen molar-refractivity contribution in [3.63, 3.8) is 0 Å². The highest BCUT2D eigenvalue weighted by atomic mass is 16.5. The standard InChI is InChI=1S/C71H123N11O14/c1-27-29-30-45(13)59(83)58-63(87)74-51(28-2)66(90)76(19)48(16)65(89)80(23)55(38-71(17,18)96-39-49-31-33-50(95-26)34-32-49)62(86)75-56(43(9)10)69(93)77(20)52(35-40(3)4)61(85)72-46(14)60(84)73-47(15)64(88)78(21)53(36-41(5)6)67(91)79(22)54(37-42(7)8)68(92)81(24)57(44(11)12)70(94)82(58)25/h31-34,40-48,51-59,83H,27-30,35-39H2,1-26H3,(H,72,85)(H,73,84)(H,74,87)(H,75,86)/t45-,46+,47-,48-,51+,52+,53+,54+,55+,56+,57+,58+,59-/m1/s1. The Labute approximate surface area is 573 Å². The van der Waals surface area contributed by atoms with Crippen LogP contribution in [0.2, 0.25) is 0 Å². The molecule has 1 aromatic carbocycles. The van der Waals surface area contributed by atoms with E-state index >= 15 is 28.8 Å². The van der Waals surface area contributed by atoms with Crippen LogP contribution in [-0.2, 0) is 64.1 Å². The number of nitrogens with zero attached hydrogens (tertiary/aromatic N) is 7. The summed E-state index contributed by atoms with van der Waals surface area (Å²) in [7, 11) is 11.5.